The Morgan fingerprint density at radius 3 is 2.46 bits per heavy atom. The molecule has 1 amide bonds. The van der Waals surface area contributed by atoms with Crippen molar-refractivity contribution in [1.82, 2.24) is 5.32 Å². The van der Waals surface area contributed by atoms with Crippen molar-refractivity contribution in [1.29, 1.82) is 0 Å². The number of rotatable bonds is 6. The molecule has 0 radical (unpaired) electrons. The van der Waals surface area contributed by atoms with Crippen molar-refractivity contribution in [2.45, 2.75) is 6.04 Å². The van der Waals surface area contributed by atoms with Crippen molar-refractivity contribution < 1.29 is 13.9 Å². The van der Waals surface area contributed by atoms with Gasteiger partial charge in [0.15, 0.2) is 6.61 Å². The maximum absolute atomic E-state index is 12.3. The van der Waals surface area contributed by atoms with Crippen LogP contribution in [0.2, 0.25) is 0 Å². The average molecular weight is 386 g/mol. The molecule has 1 heterocycles. The number of carbonyl (C=O) groups is 1. The molecule has 0 saturated carbocycles. The standard InChI is InChI=1S/C19H16BrNO3/c20-15-8-10-16(11-9-15)24-13-18(22)21-19(17-7-4-12-23-17)14-5-2-1-3-6-14/h1-12,19H,13H2,(H,21,22). The molecule has 1 unspecified atom stereocenters. The second-order valence-electron chi connectivity index (χ2n) is 5.17. The van der Waals surface area contributed by atoms with Crippen LogP contribution in [-0.4, -0.2) is 12.5 Å². The van der Waals surface area contributed by atoms with Crippen LogP contribution in [0, 0.1) is 0 Å². The third kappa shape index (κ3) is 4.26. The lowest BCUT2D eigenvalue weighted by Gasteiger charge is -2.17. The fraction of sp³-hybridized carbons (Fsp3) is 0.105. The summed E-state index contributed by atoms with van der Waals surface area (Å²) < 4.78 is 11.9. The van der Waals surface area contributed by atoms with E-state index in [4.69, 9.17) is 9.15 Å². The molecule has 3 aromatic rings. The van der Waals surface area contributed by atoms with Gasteiger partial charge in [-0.1, -0.05) is 46.3 Å². The molecule has 0 aliphatic carbocycles. The minimum Gasteiger partial charge on any atom is -0.484 e. The van der Waals surface area contributed by atoms with E-state index in [9.17, 15) is 4.79 Å². The summed E-state index contributed by atoms with van der Waals surface area (Å²) in [4.78, 5) is 12.3. The van der Waals surface area contributed by atoms with E-state index in [1.54, 1.807) is 24.5 Å². The van der Waals surface area contributed by atoms with Gasteiger partial charge in [0.05, 0.1) is 6.26 Å². The van der Waals surface area contributed by atoms with Crippen LogP contribution in [0.15, 0.2) is 81.9 Å². The summed E-state index contributed by atoms with van der Waals surface area (Å²) in [6, 6.07) is 20.3. The fourth-order valence-corrected chi connectivity index (χ4v) is 2.57. The number of amides is 1. The van der Waals surface area contributed by atoms with Crippen molar-refractivity contribution in [3.05, 3.63) is 88.8 Å². The van der Waals surface area contributed by atoms with Gasteiger partial charge in [-0.15, -0.1) is 0 Å². The number of hydrogen-bond acceptors (Lipinski definition) is 3. The van der Waals surface area contributed by atoms with E-state index in [0.29, 0.717) is 11.5 Å². The molecule has 122 valence electrons. The molecule has 0 fully saturated rings. The first-order chi connectivity index (χ1) is 11.7. The van der Waals surface area contributed by atoms with Gasteiger partial charge in [-0.25, -0.2) is 0 Å². The first-order valence-electron chi connectivity index (χ1n) is 7.48. The van der Waals surface area contributed by atoms with Gasteiger partial charge >= 0.3 is 0 Å². The van der Waals surface area contributed by atoms with Crippen LogP contribution in [0.25, 0.3) is 0 Å². The van der Waals surface area contributed by atoms with Crippen LogP contribution in [0.4, 0.5) is 0 Å². The fourth-order valence-electron chi connectivity index (χ4n) is 2.30. The predicted molar refractivity (Wildman–Crippen MR) is 94.8 cm³/mol. The number of hydrogen-bond donors (Lipinski definition) is 1. The maximum Gasteiger partial charge on any atom is 0.258 e. The number of ether oxygens (including phenoxy) is 1. The monoisotopic (exact) mass is 385 g/mol. The highest BCUT2D eigenvalue weighted by Crippen LogP contribution is 2.22. The topological polar surface area (TPSA) is 51.5 Å². The molecule has 0 spiro atoms. The molecule has 5 heteroatoms. The van der Waals surface area contributed by atoms with Gasteiger partial charge < -0.3 is 14.5 Å². The smallest absolute Gasteiger partial charge is 0.258 e. The molecule has 3 rings (SSSR count). The Morgan fingerprint density at radius 1 is 1.04 bits per heavy atom. The van der Waals surface area contributed by atoms with Crippen LogP contribution in [-0.2, 0) is 4.79 Å². The molecule has 0 saturated heterocycles. The van der Waals surface area contributed by atoms with Crippen molar-refractivity contribution >= 4 is 21.8 Å². The highest BCUT2D eigenvalue weighted by molar-refractivity contribution is 9.10. The van der Waals surface area contributed by atoms with E-state index in [1.165, 1.54) is 0 Å². The second-order valence-corrected chi connectivity index (χ2v) is 6.08. The van der Waals surface area contributed by atoms with Crippen molar-refractivity contribution in [3.8, 4) is 5.75 Å². The van der Waals surface area contributed by atoms with Gasteiger partial charge in [0, 0.05) is 4.47 Å². The lowest BCUT2D eigenvalue weighted by atomic mass is 10.0. The van der Waals surface area contributed by atoms with Gasteiger partial charge in [0.1, 0.15) is 17.6 Å². The molecular weight excluding hydrogens is 370 g/mol. The second kappa shape index (κ2) is 7.84. The number of benzene rings is 2. The number of carbonyl (C=O) groups excluding carboxylic acids is 1. The Hall–Kier alpha value is -2.53. The van der Waals surface area contributed by atoms with Gasteiger partial charge in [0.25, 0.3) is 5.91 Å². The zero-order valence-corrected chi connectivity index (χ0v) is 14.4. The van der Waals surface area contributed by atoms with Crippen LogP contribution < -0.4 is 10.1 Å². The third-order valence-electron chi connectivity index (χ3n) is 3.45. The SMILES string of the molecule is O=C(COc1ccc(Br)cc1)NC(c1ccccc1)c1ccco1. The minimum atomic E-state index is -0.345. The maximum atomic E-state index is 12.3. The Bertz CT molecular complexity index is 770. The lowest BCUT2D eigenvalue weighted by Crippen LogP contribution is -2.33. The van der Waals surface area contributed by atoms with Crippen LogP contribution in [0.1, 0.15) is 17.4 Å². The number of furan rings is 1. The Labute approximate surface area is 148 Å². The molecule has 2 aromatic carbocycles. The summed E-state index contributed by atoms with van der Waals surface area (Å²) >= 11 is 3.36. The number of nitrogens with one attached hydrogen (secondary N) is 1. The van der Waals surface area contributed by atoms with Crippen LogP contribution in [0.5, 0.6) is 5.75 Å². The van der Waals surface area contributed by atoms with E-state index in [2.05, 4.69) is 21.2 Å². The van der Waals surface area contributed by atoms with E-state index in [0.717, 1.165) is 10.0 Å². The zero-order chi connectivity index (χ0) is 16.8. The van der Waals surface area contributed by atoms with Crippen molar-refractivity contribution in [3.63, 3.8) is 0 Å². The van der Waals surface area contributed by atoms with Crippen molar-refractivity contribution in [2.75, 3.05) is 6.61 Å². The highest BCUT2D eigenvalue weighted by atomic mass is 79.9. The summed E-state index contributed by atoms with van der Waals surface area (Å²) in [7, 11) is 0. The lowest BCUT2D eigenvalue weighted by molar-refractivity contribution is -0.123. The molecule has 0 aliphatic heterocycles. The molecule has 1 atom stereocenters. The van der Waals surface area contributed by atoms with E-state index in [-0.39, 0.29) is 18.6 Å². The Balaban J connectivity index is 1.66. The molecule has 1 aromatic heterocycles. The molecule has 4 nitrogen and oxygen atoms in total. The molecule has 0 aliphatic rings. The van der Waals surface area contributed by atoms with E-state index in [1.807, 2.05) is 48.5 Å². The molecule has 0 bridgehead atoms. The van der Waals surface area contributed by atoms with Gasteiger partial charge in [-0.2, -0.15) is 0 Å². The molecular formula is C19H16BrNO3. The molecule has 24 heavy (non-hydrogen) atoms. The summed E-state index contributed by atoms with van der Waals surface area (Å²) in [6.45, 7) is -0.0638. The highest BCUT2D eigenvalue weighted by Gasteiger charge is 2.19. The quantitative estimate of drug-likeness (QED) is 0.686. The minimum absolute atomic E-state index is 0.0638. The predicted octanol–water partition coefficient (Wildman–Crippen LogP) is 4.33. The first-order valence-corrected chi connectivity index (χ1v) is 8.28. The van der Waals surface area contributed by atoms with Crippen LogP contribution >= 0.6 is 15.9 Å². The number of halogens is 1. The van der Waals surface area contributed by atoms with E-state index >= 15 is 0 Å². The van der Waals surface area contributed by atoms with Crippen LogP contribution in [0.3, 0.4) is 0 Å². The Morgan fingerprint density at radius 2 is 1.79 bits per heavy atom. The van der Waals surface area contributed by atoms with Gasteiger partial charge in [0.2, 0.25) is 0 Å². The first kappa shape index (κ1) is 16.3. The summed E-state index contributed by atoms with van der Waals surface area (Å²) in [5.74, 6) is 1.10. The molecule has 1 N–H and O–H groups in total. The summed E-state index contributed by atoms with van der Waals surface area (Å²) in [5, 5.41) is 2.95. The van der Waals surface area contributed by atoms with E-state index < -0.39 is 0 Å². The average Bonchev–Trinajstić information content (AvgIpc) is 3.14. The van der Waals surface area contributed by atoms with Gasteiger partial charge in [-0.3, -0.25) is 4.79 Å². The van der Waals surface area contributed by atoms with Gasteiger partial charge in [-0.05, 0) is 42.0 Å². The zero-order valence-electron chi connectivity index (χ0n) is 12.8. The largest absolute Gasteiger partial charge is 0.484 e. The van der Waals surface area contributed by atoms with Crippen molar-refractivity contribution in [2.24, 2.45) is 0 Å². The Kier molecular flexibility index (Phi) is 5.33. The summed E-state index contributed by atoms with van der Waals surface area (Å²) in [6.07, 6.45) is 1.59. The summed E-state index contributed by atoms with van der Waals surface area (Å²) in [5.41, 5.74) is 0.949. The normalized spacial score (nSPS) is 11.7. The third-order valence-corrected chi connectivity index (χ3v) is 3.98.